The summed E-state index contributed by atoms with van der Waals surface area (Å²) in [6, 6.07) is 24.0. The number of nitrogens with two attached hydrogens (primary N) is 1. The van der Waals surface area contributed by atoms with E-state index in [4.69, 9.17) is 15.7 Å². The van der Waals surface area contributed by atoms with E-state index in [1.165, 1.54) is 4.57 Å². The fourth-order valence-corrected chi connectivity index (χ4v) is 4.46. The summed E-state index contributed by atoms with van der Waals surface area (Å²) in [4.78, 5) is 35.7. The second kappa shape index (κ2) is 10.0. The van der Waals surface area contributed by atoms with Gasteiger partial charge in [0.1, 0.15) is 0 Å². The number of carbonyl (C=O) groups is 1. The molecule has 36 heavy (non-hydrogen) atoms. The van der Waals surface area contributed by atoms with Crippen molar-refractivity contribution >= 4 is 28.4 Å². The highest BCUT2D eigenvalue weighted by Gasteiger charge is 2.18. The number of hydrogen-bond acceptors (Lipinski definition) is 4. The van der Waals surface area contributed by atoms with Crippen LogP contribution >= 0.6 is 0 Å². The third kappa shape index (κ3) is 4.33. The Bertz CT molecular complexity index is 1660. The van der Waals surface area contributed by atoms with Crippen LogP contribution in [0.15, 0.2) is 88.6 Å². The standard InChI is InChI=1S/C28H28N6O2/c1-2-3-4-11-18-32-23-17-16-20(25(29)35)19-24(23)34-27(32)31-26(30-21-12-7-5-8-13-21)33(28(34)36)22-14-9-6-10-15-22/h5-10,12-17,19H,2-4,11,18H2,1H3,(H2,29,35). The summed E-state index contributed by atoms with van der Waals surface area (Å²) in [5.74, 6) is -0.0663. The Hall–Kier alpha value is -4.46. The third-order valence-electron chi connectivity index (χ3n) is 6.25. The molecule has 0 unspecified atom stereocenters. The van der Waals surface area contributed by atoms with E-state index in [2.05, 4.69) is 6.92 Å². The van der Waals surface area contributed by atoms with E-state index in [1.54, 1.807) is 16.5 Å². The second-order valence-electron chi connectivity index (χ2n) is 8.73. The maximum Gasteiger partial charge on any atom is 0.343 e. The summed E-state index contributed by atoms with van der Waals surface area (Å²) in [7, 11) is 0. The van der Waals surface area contributed by atoms with Crippen LogP contribution in [0.1, 0.15) is 43.0 Å². The number of aromatic nitrogens is 4. The van der Waals surface area contributed by atoms with Crippen LogP contribution in [0.2, 0.25) is 0 Å². The van der Waals surface area contributed by atoms with E-state index in [1.807, 2.05) is 71.3 Å². The zero-order valence-corrected chi connectivity index (χ0v) is 20.2. The van der Waals surface area contributed by atoms with Gasteiger partial charge in [-0.2, -0.15) is 4.98 Å². The Balaban J connectivity index is 1.87. The smallest absolute Gasteiger partial charge is 0.343 e. The molecule has 0 spiro atoms. The van der Waals surface area contributed by atoms with Gasteiger partial charge in [0.15, 0.2) is 0 Å². The van der Waals surface area contributed by atoms with Crippen molar-refractivity contribution in [2.75, 3.05) is 0 Å². The predicted molar refractivity (Wildman–Crippen MR) is 141 cm³/mol. The van der Waals surface area contributed by atoms with Crippen molar-refractivity contribution in [1.82, 2.24) is 18.5 Å². The Morgan fingerprint density at radius 3 is 2.33 bits per heavy atom. The highest BCUT2D eigenvalue weighted by Crippen LogP contribution is 2.21. The van der Waals surface area contributed by atoms with E-state index < -0.39 is 5.91 Å². The molecule has 0 bridgehead atoms. The van der Waals surface area contributed by atoms with Crippen LogP contribution in [0.25, 0.3) is 22.5 Å². The highest BCUT2D eigenvalue weighted by atomic mass is 16.2. The molecule has 0 saturated carbocycles. The van der Waals surface area contributed by atoms with Crippen molar-refractivity contribution in [3.8, 4) is 5.69 Å². The number of benzene rings is 3. The first-order valence-electron chi connectivity index (χ1n) is 12.2. The van der Waals surface area contributed by atoms with Gasteiger partial charge in [-0.25, -0.2) is 18.8 Å². The molecule has 5 rings (SSSR count). The summed E-state index contributed by atoms with van der Waals surface area (Å²) in [5.41, 5.74) is 8.62. The lowest BCUT2D eigenvalue weighted by atomic mass is 10.2. The molecule has 2 heterocycles. The zero-order chi connectivity index (χ0) is 25.1. The molecule has 8 nitrogen and oxygen atoms in total. The summed E-state index contributed by atoms with van der Waals surface area (Å²) >= 11 is 0. The number of primary amides is 1. The van der Waals surface area contributed by atoms with E-state index in [-0.39, 0.29) is 11.3 Å². The molecule has 8 heteroatoms. The van der Waals surface area contributed by atoms with Gasteiger partial charge in [0, 0.05) is 12.1 Å². The first-order chi connectivity index (χ1) is 17.6. The Morgan fingerprint density at radius 2 is 1.64 bits per heavy atom. The van der Waals surface area contributed by atoms with E-state index in [0.29, 0.717) is 34.8 Å². The largest absolute Gasteiger partial charge is 0.366 e. The molecule has 0 saturated heterocycles. The maximum absolute atomic E-state index is 14.1. The minimum absolute atomic E-state index is 0.283. The molecule has 5 aromatic rings. The number of unbranched alkanes of at least 4 members (excludes halogenated alkanes) is 3. The van der Waals surface area contributed by atoms with Crippen LogP contribution in [0.4, 0.5) is 5.69 Å². The van der Waals surface area contributed by atoms with E-state index >= 15 is 0 Å². The summed E-state index contributed by atoms with van der Waals surface area (Å²) in [6.07, 6.45) is 4.28. The fourth-order valence-electron chi connectivity index (χ4n) is 4.46. The summed E-state index contributed by atoms with van der Waals surface area (Å²) in [6.45, 7) is 2.86. The second-order valence-corrected chi connectivity index (χ2v) is 8.73. The van der Waals surface area contributed by atoms with Crippen LogP contribution in [0.3, 0.4) is 0 Å². The van der Waals surface area contributed by atoms with Gasteiger partial charge >= 0.3 is 5.69 Å². The van der Waals surface area contributed by atoms with Crippen LogP contribution in [0.5, 0.6) is 0 Å². The van der Waals surface area contributed by atoms with Crippen molar-refractivity contribution in [3.63, 3.8) is 0 Å². The van der Waals surface area contributed by atoms with Gasteiger partial charge in [0.25, 0.3) is 0 Å². The van der Waals surface area contributed by atoms with Gasteiger partial charge < -0.3 is 10.3 Å². The average Bonchev–Trinajstić information content (AvgIpc) is 3.20. The SMILES string of the molecule is CCCCCCn1c2ccc(C(N)=O)cc2n2c(=O)n(-c3ccccc3)c(=Nc3ccccc3)nc12. The number of nitrogens with zero attached hydrogens (tertiary/aromatic N) is 5. The number of para-hydroxylation sites is 2. The molecule has 0 aliphatic heterocycles. The Morgan fingerprint density at radius 1 is 0.917 bits per heavy atom. The molecule has 2 aromatic heterocycles. The molecular weight excluding hydrogens is 452 g/mol. The number of fused-ring (bicyclic) bond motifs is 3. The molecule has 0 aliphatic rings. The number of hydrogen-bond donors (Lipinski definition) is 1. The number of aryl methyl sites for hydroxylation is 1. The van der Waals surface area contributed by atoms with Gasteiger partial charge in [-0.15, -0.1) is 0 Å². The number of imidazole rings is 1. The zero-order valence-electron chi connectivity index (χ0n) is 20.2. The molecule has 0 fully saturated rings. The van der Waals surface area contributed by atoms with Crippen molar-refractivity contribution in [2.45, 2.75) is 39.2 Å². The van der Waals surface area contributed by atoms with Gasteiger partial charge in [0.05, 0.1) is 22.4 Å². The van der Waals surface area contributed by atoms with Crippen molar-refractivity contribution in [1.29, 1.82) is 0 Å². The van der Waals surface area contributed by atoms with Crippen molar-refractivity contribution in [3.05, 3.63) is 101 Å². The molecule has 0 radical (unpaired) electrons. The van der Waals surface area contributed by atoms with E-state index in [0.717, 1.165) is 31.2 Å². The molecule has 3 aromatic carbocycles. The lowest BCUT2D eigenvalue weighted by molar-refractivity contribution is 0.100. The first kappa shape index (κ1) is 23.3. The van der Waals surface area contributed by atoms with Crippen LogP contribution in [0, 0.1) is 0 Å². The van der Waals surface area contributed by atoms with Crippen LogP contribution in [-0.2, 0) is 6.54 Å². The number of carbonyl (C=O) groups excluding carboxylic acids is 1. The molecule has 2 N–H and O–H groups in total. The lowest BCUT2D eigenvalue weighted by Crippen LogP contribution is -2.39. The summed E-state index contributed by atoms with van der Waals surface area (Å²) < 4.78 is 5.09. The van der Waals surface area contributed by atoms with Crippen molar-refractivity contribution in [2.24, 2.45) is 10.7 Å². The Kier molecular flexibility index (Phi) is 6.49. The summed E-state index contributed by atoms with van der Waals surface area (Å²) in [5, 5.41) is 0. The fraction of sp³-hybridized carbons (Fsp3) is 0.214. The molecule has 182 valence electrons. The first-order valence-corrected chi connectivity index (χ1v) is 12.2. The molecular formula is C28H28N6O2. The average molecular weight is 481 g/mol. The minimum atomic E-state index is -0.548. The van der Waals surface area contributed by atoms with Gasteiger partial charge in [-0.05, 0) is 48.9 Å². The molecule has 0 atom stereocenters. The van der Waals surface area contributed by atoms with Crippen LogP contribution in [-0.4, -0.2) is 24.4 Å². The van der Waals surface area contributed by atoms with E-state index in [9.17, 15) is 9.59 Å². The molecule has 1 amide bonds. The number of amides is 1. The lowest BCUT2D eigenvalue weighted by Gasteiger charge is -2.09. The van der Waals surface area contributed by atoms with Gasteiger partial charge in [-0.3, -0.25) is 4.79 Å². The maximum atomic E-state index is 14.1. The monoisotopic (exact) mass is 480 g/mol. The third-order valence-corrected chi connectivity index (χ3v) is 6.25. The predicted octanol–water partition coefficient (Wildman–Crippen LogP) is 4.35. The topological polar surface area (TPSA) is 99.7 Å². The number of rotatable bonds is 8. The minimum Gasteiger partial charge on any atom is -0.366 e. The normalized spacial score (nSPS) is 12.0. The van der Waals surface area contributed by atoms with Gasteiger partial charge in [-0.1, -0.05) is 62.6 Å². The van der Waals surface area contributed by atoms with Crippen LogP contribution < -0.4 is 17.0 Å². The highest BCUT2D eigenvalue weighted by molar-refractivity contribution is 5.97. The molecule has 0 aliphatic carbocycles. The Labute approximate surface area is 208 Å². The van der Waals surface area contributed by atoms with Gasteiger partial charge in [0.2, 0.25) is 17.3 Å². The quantitative estimate of drug-likeness (QED) is 0.334. The van der Waals surface area contributed by atoms with Crippen molar-refractivity contribution < 1.29 is 4.79 Å².